The highest BCUT2D eigenvalue weighted by Crippen LogP contribution is 2.49. The number of amides is 3. The summed E-state index contributed by atoms with van der Waals surface area (Å²) in [6.07, 6.45) is 1.06. The van der Waals surface area contributed by atoms with Crippen LogP contribution in [0.2, 0.25) is 5.02 Å². The quantitative estimate of drug-likeness (QED) is 0.351. The van der Waals surface area contributed by atoms with Gasteiger partial charge in [-0.25, -0.2) is 4.79 Å². The maximum atomic E-state index is 13.9. The third-order valence-corrected chi connectivity index (χ3v) is 9.51. The van der Waals surface area contributed by atoms with Crippen molar-refractivity contribution in [1.82, 2.24) is 10.2 Å². The number of hydrogen-bond donors (Lipinski definition) is 2. The van der Waals surface area contributed by atoms with Gasteiger partial charge in [-0.3, -0.25) is 19.7 Å². The Morgan fingerprint density at radius 1 is 1.26 bits per heavy atom. The molecule has 2 N–H and O–H groups in total. The van der Waals surface area contributed by atoms with Crippen LogP contribution in [-0.2, 0) is 39.8 Å². The molecule has 3 aliphatic heterocycles. The highest BCUT2D eigenvalue weighted by molar-refractivity contribution is 6.35. The van der Waals surface area contributed by atoms with Crippen LogP contribution in [0.25, 0.3) is 0 Å². The third-order valence-electron chi connectivity index (χ3n) is 9.13. The van der Waals surface area contributed by atoms with Crippen LogP contribution >= 0.6 is 11.6 Å². The van der Waals surface area contributed by atoms with Gasteiger partial charge in [0.25, 0.3) is 0 Å². The molecule has 0 radical (unpaired) electrons. The zero-order valence-electron chi connectivity index (χ0n) is 28.0. The van der Waals surface area contributed by atoms with Crippen molar-refractivity contribution < 1.29 is 48.0 Å². The Balaban J connectivity index is 1.78. The predicted molar refractivity (Wildman–Crippen MR) is 172 cm³/mol. The van der Waals surface area contributed by atoms with Crippen LogP contribution in [0, 0.1) is 5.92 Å². The number of allylic oxidation sites excluding steroid dienone is 3. The van der Waals surface area contributed by atoms with Gasteiger partial charge >= 0.3 is 12.1 Å². The SMILES string of the molecule is COc1cc2cc(c1Cl)N(C)C(=O)C[C@H](OC(=O)CN(C)C(C)=O)[C@]1(C)O[C@H]1C(C)[C@@H]1C[C@@](O)(NC(=O)O1)[C@H](OC)/C=C/C=C(\C)C2. The van der Waals surface area contributed by atoms with Crippen molar-refractivity contribution in [3.05, 3.63) is 46.5 Å². The number of carbonyl (C=O) groups excluding carboxylic acids is 4. The number of epoxide rings is 1. The van der Waals surface area contributed by atoms with Crippen molar-refractivity contribution in [2.24, 2.45) is 5.92 Å². The molecule has 47 heavy (non-hydrogen) atoms. The predicted octanol–water partition coefficient (Wildman–Crippen LogP) is 3.15. The minimum atomic E-state index is -1.81. The van der Waals surface area contributed by atoms with E-state index in [2.05, 4.69) is 5.32 Å². The van der Waals surface area contributed by atoms with Gasteiger partial charge in [0.2, 0.25) is 11.8 Å². The summed E-state index contributed by atoms with van der Waals surface area (Å²) in [6, 6.07) is 3.57. The Kier molecular flexibility index (Phi) is 11.0. The third kappa shape index (κ3) is 7.91. The van der Waals surface area contributed by atoms with Gasteiger partial charge in [0.1, 0.15) is 41.2 Å². The molecule has 1 aromatic carbocycles. The summed E-state index contributed by atoms with van der Waals surface area (Å²) >= 11 is 6.69. The van der Waals surface area contributed by atoms with E-state index in [0.29, 0.717) is 17.9 Å². The number of ether oxygens (including phenoxy) is 5. The van der Waals surface area contributed by atoms with E-state index in [1.807, 2.05) is 13.0 Å². The first-order valence-corrected chi connectivity index (χ1v) is 15.7. The van der Waals surface area contributed by atoms with Gasteiger partial charge in [-0.1, -0.05) is 42.3 Å². The minimum Gasteiger partial charge on any atom is -0.495 e. The number of fused-ring (bicyclic) bond motifs is 5. The van der Waals surface area contributed by atoms with Crippen molar-refractivity contribution >= 4 is 41.2 Å². The molecule has 4 bridgehead atoms. The average molecular weight is 678 g/mol. The summed E-state index contributed by atoms with van der Waals surface area (Å²) in [5, 5.41) is 14.3. The fourth-order valence-electron chi connectivity index (χ4n) is 6.11. The highest BCUT2D eigenvalue weighted by atomic mass is 35.5. The van der Waals surface area contributed by atoms with Crippen molar-refractivity contribution in [3.63, 3.8) is 0 Å². The summed E-state index contributed by atoms with van der Waals surface area (Å²) in [5.74, 6) is -1.62. The van der Waals surface area contributed by atoms with Gasteiger partial charge in [0.05, 0.1) is 25.3 Å². The molecular weight excluding hydrogens is 634 g/mol. The molecular formula is C33H44ClN3O10. The van der Waals surface area contributed by atoms with E-state index in [-0.39, 0.29) is 30.3 Å². The first-order chi connectivity index (χ1) is 22.0. The Labute approximate surface area is 279 Å². The van der Waals surface area contributed by atoms with E-state index < -0.39 is 59.6 Å². The maximum absolute atomic E-state index is 13.9. The molecule has 14 heteroatoms. The van der Waals surface area contributed by atoms with Crippen LogP contribution in [0.1, 0.15) is 46.1 Å². The number of benzene rings is 1. The number of alkyl carbamates (subject to hydrolysis) is 1. The molecule has 3 aliphatic rings. The Morgan fingerprint density at radius 2 is 1.96 bits per heavy atom. The average Bonchev–Trinajstić information content (AvgIpc) is 3.70. The largest absolute Gasteiger partial charge is 0.495 e. The number of nitrogens with zero attached hydrogens (tertiary/aromatic N) is 2. The Hall–Kier alpha value is -3.65. The molecule has 3 amide bonds. The van der Waals surface area contributed by atoms with E-state index in [9.17, 15) is 24.3 Å². The molecule has 258 valence electrons. The number of halogens is 1. The van der Waals surface area contributed by atoms with Crippen LogP contribution in [0.3, 0.4) is 0 Å². The van der Waals surface area contributed by atoms with Crippen molar-refractivity contribution in [2.45, 2.75) is 82.7 Å². The second-order valence-electron chi connectivity index (χ2n) is 12.7. The van der Waals surface area contributed by atoms with Gasteiger partial charge in [-0.05, 0) is 38.0 Å². The molecule has 3 heterocycles. The minimum absolute atomic E-state index is 0.0406. The van der Waals surface area contributed by atoms with Crippen LogP contribution < -0.4 is 15.0 Å². The first-order valence-electron chi connectivity index (χ1n) is 15.3. The lowest BCUT2D eigenvalue weighted by atomic mass is 9.83. The van der Waals surface area contributed by atoms with Gasteiger partial charge in [0, 0.05) is 40.5 Å². The lowest BCUT2D eigenvalue weighted by molar-refractivity contribution is -0.157. The number of carbonyl (C=O) groups is 4. The first kappa shape index (κ1) is 36.2. The number of aliphatic hydroxyl groups is 1. The smallest absolute Gasteiger partial charge is 0.409 e. The molecule has 2 saturated heterocycles. The summed E-state index contributed by atoms with van der Waals surface area (Å²) in [6.45, 7) is 6.40. The lowest BCUT2D eigenvalue weighted by Crippen LogP contribution is -2.63. The number of rotatable bonds is 5. The van der Waals surface area contributed by atoms with Gasteiger partial charge in [-0.2, -0.15) is 0 Å². The topological polar surface area (TPSA) is 156 Å². The fraction of sp³-hybridized carbons (Fsp3) is 0.576. The highest BCUT2D eigenvalue weighted by Gasteiger charge is 2.64. The molecule has 0 saturated carbocycles. The normalized spacial score (nSPS) is 32.9. The van der Waals surface area contributed by atoms with E-state index in [1.54, 1.807) is 45.2 Å². The molecule has 4 rings (SSSR count). The molecule has 0 aliphatic carbocycles. The van der Waals surface area contributed by atoms with Gasteiger partial charge in [-0.15, -0.1) is 0 Å². The summed E-state index contributed by atoms with van der Waals surface area (Å²) in [7, 11) is 5.94. The van der Waals surface area contributed by atoms with E-state index in [4.69, 9.17) is 35.3 Å². The maximum Gasteiger partial charge on any atom is 0.409 e. The van der Waals surface area contributed by atoms with Crippen molar-refractivity contribution in [2.75, 3.05) is 39.8 Å². The number of nitrogens with one attached hydrogen (secondary N) is 1. The second-order valence-corrected chi connectivity index (χ2v) is 13.0. The number of methoxy groups -OCH3 is 2. The van der Waals surface area contributed by atoms with E-state index in [0.717, 1.165) is 11.1 Å². The standard InChI is InChI=1S/C33H44ClN3O10/c1-18-10-9-11-25(44-8)33(42)16-24(45-31(41)35-33)19(2)30-32(4,47-30)26(46-28(40)17-36(5)20(3)38)15-27(39)37(6)22-13-21(12-18)14-23(43-7)29(22)34/h9-11,13-14,19,24-26,30,42H,12,15-17H2,1-8H3,(H,35,41)/b11-9+,18-10+/t19?,24-,25+,26-,30-,32-,33-/m0/s1. The second kappa shape index (κ2) is 14.2. The van der Waals surface area contributed by atoms with Crippen LogP contribution in [0.4, 0.5) is 10.5 Å². The molecule has 2 fully saturated rings. The zero-order valence-corrected chi connectivity index (χ0v) is 28.8. The molecule has 13 nitrogen and oxygen atoms in total. The van der Waals surface area contributed by atoms with Crippen molar-refractivity contribution in [1.29, 1.82) is 0 Å². The molecule has 7 atom stereocenters. The fourth-order valence-corrected chi connectivity index (χ4v) is 6.42. The zero-order chi connectivity index (χ0) is 34.8. The monoisotopic (exact) mass is 677 g/mol. The molecule has 0 spiro atoms. The molecule has 0 aromatic heterocycles. The van der Waals surface area contributed by atoms with Crippen molar-refractivity contribution in [3.8, 4) is 5.75 Å². The van der Waals surface area contributed by atoms with Crippen LogP contribution in [0.15, 0.2) is 35.9 Å². The van der Waals surface area contributed by atoms with Crippen LogP contribution in [-0.4, -0.2) is 104 Å². The summed E-state index contributed by atoms with van der Waals surface area (Å²) in [4.78, 5) is 54.0. The summed E-state index contributed by atoms with van der Waals surface area (Å²) < 4.78 is 28.7. The number of likely N-dealkylation sites (N-methyl/N-ethyl adjacent to an activating group) is 1. The number of anilines is 1. The number of esters is 1. The van der Waals surface area contributed by atoms with E-state index >= 15 is 0 Å². The van der Waals surface area contributed by atoms with E-state index in [1.165, 1.54) is 38.0 Å². The molecule has 1 unspecified atom stereocenters. The van der Waals surface area contributed by atoms with Crippen LogP contribution in [0.5, 0.6) is 5.75 Å². The molecule has 1 aromatic rings. The lowest BCUT2D eigenvalue weighted by Gasteiger charge is -2.42. The number of hydrogen-bond acceptors (Lipinski definition) is 10. The Bertz CT molecular complexity index is 1470. The van der Waals surface area contributed by atoms with Gasteiger partial charge in [0.15, 0.2) is 5.72 Å². The van der Waals surface area contributed by atoms with Gasteiger partial charge < -0.3 is 38.6 Å². The Morgan fingerprint density at radius 3 is 2.60 bits per heavy atom. The summed E-state index contributed by atoms with van der Waals surface area (Å²) in [5.41, 5.74) is -0.849.